The van der Waals surface area contributed by atoms with Gasteiger partial charge in [0.2, 0.25) is 11.8 Å². The number of carboxylic acids is 1. The van der Waals surface area contributed by atoms with E-state index in [1.165, 1.54) is 6.42 Å². The third-order valence-corrected chi connectivity index (χ3v) is 12.6. The lowest BCUT2D eigenvalue weighted by atomic mass is 9.97. The molecule has 2 saturated carbocycles. The summed E-state index contributed by atoms with van der Waals surface area (Å²) in [5.74, 6) is -0.772. The third kappa shape index (κ3) is 9.76. The van der Waals surface area contributed by atoms with Crippen molar-refractivity contribution in [3.63, 3.8) is 0 Å². The standard InChI is InChI=1S/C27H25NO6.C24H29N3O4/c1-33-23-11-10-18(14-24(23)34-19-8-4-5-9-19)22(15-25(29)30)28-26(31)20-12-16-6-2-3-7-17(16)13-21(20)27(28)32;1-2-30-21-11-10-16(13-22(21)31-17-7-4-3-5-8-17)20(14-23(25)28)27-15-19-18(24(27)29)9-6-12-26-19/h2-3,6-7,10-14,19,22H,4-5,8-9,15H2,1H3,(H,29,30);6,9-13,15,17-18,20H,2-5,7-8,14H2,1H3,(H2,25,28). The first kappa shape index (κ1) is 44.6. The van der Waals surface area contributed by atoms with Crippen LogP contribution in [0.3, 0.4) is 0 Å². The van der Waals surface area contributed by atoms with Gasteiger partial charge >= 0.3 is 5.97 Å². The predicted octanol–water partition coefficient (Wildman–Crippen LogP) is 8.64. The van der Waals surface area contributed by atoms with E-state index in [4.69, 9.17) is 24.7 Å². The van der Waals surface area contributed by atoms with Gasteiger partial charge in [-0.1, -0.05) is 48.9 Å². The number of methoxy groups -OCH3 is 1. The summed E-state index contributed by atoms with van der Waals surface area (Å²) in [7, 11) is 1.54. The van der Waals surface area contributed by atoms with Crippen LogP contribution in [-0.2, 0) is 14.4 Å². The molecule has 3 heterocycles. The Kier molecular flexibility index (Phi) is 13.6. The van der Waals surface area contributed by atoms with Crippen LogP contribution in [0.5, 0.6) is 23.0 Å². The Bertz CT molecular complexity index is 2520. The number of allylic oxidation sites excluding steroid dienone is 1. The van der Waals surface area contributed by atoms with Gasteiger partial charge in [0.25, 0.3) is 11.8 Å². The number of dihydropyridines is 1. The number of carbonyl (C=O) groups excluding carboxylic acids is 4. The molecule has 0 spiro atoms. The Morgan fingerprint density at radius 1 is 0.754 bits per heavy atom. The van der Waals surface area contributed by atoms with Gasteiger partial charge in [0.05, 0.1) is 67.7 Å². The minimum absolute atomic E-state index is 0.00647. The number of carboxylic acid groups (broad SMARTS) is 1. The molecule has 3 unspecified atom stereocenters. The van der Waals surface area contributed by atoms with Gasteiger partial charge in [0, 0.05) is 12.4 Å². The number of rotatable bonds is 15. The maximum atomic E-state index is 13.4. The highest BCUT2D eigenvalue weighted by Gasteiger charge is 2.42. The van der Waals surface area contributed by atoms with E-state index in [-0.39, 0.29) is 35.7 Å². The van der Waals surface area contributed by atoms with Gasteiger partial charge in [-0.2, -0.15) is 0 Å². The summed E-state index contributed by atoms with van der Waals surface area (Å²) in [6, 6.07) is 20.1. The van der Waals surface area contributed by atoms with Crippen molar-refractivity contribution in [2.75, 3.05) is 13.7 Å². The fourth-order valence-electron chi connectivity index (χ4n) is 9.36. The first-order valence-corrected chi connectivity index (χ1v) is 22.5. The van der Waals surface area contributed by atoms with E-state index in [0.717, 1.165) is 72.6 Å². The van der Waals surface area contributed by atoms with Gasteiger partial charge in [-0.15, -0.1) is 0 Å². The Labute approximate surface area is 377 Å². The number of primary amides is 1. The van der Waals surface area contributed by atoms with Crippen molar-refractivity contribution in [3.8, 4) is 23.0 Å². The average Bonchev–Trinajstić information content (AvgIpc) is 4.01. The summed E-state index contributed by atoms with van der Waals surface area (Å²) in [6.07, 6.45) is 16.4. The number of hydrogen-bond acceptors (Lipinski definition) is 10. The zero-order chi connectivity index (χ0) is 45.6. The van der Waals surface area contributed by atoms with Crippen molar-refractivity contribution in [2.24, 2.45) is 16.6 Å². The topological polar surface area (TPSA) is 187 Å². The van der Waals surface area contributed by atoms with Crippen molar-refractivity contribution >= 4 is 46.6 Å². The highest BCUT2D eigenvalue weighted by atomic mass is 16.5. The molecule has 2 aliphatic carbocycles. The maximum absolute atomic E-state index is 13.4. The molecule has 338 valence electrons. The van der Waals surface area contributed by atoms with Crippen LogP contribution in [-0.4, -0.2) is 76.6 Å². The van der Waals surface area contributed by atoms with E-state index in [0.29, 0.717) is 40.9 Å². The largest absolute Gasteiger partial charge is 0.493 e. The summed E-state index contributed by atoms with van der Waals surface area (Å²) in [6.45, 7) is 2.45. The Balaban J connectivity index is 0.000000178. The highest BCUT2D eigenvalue weighted by Crippen LogP contribution is 2.42. The Morgan fingerprint density at radius 3 is 1.88 bits per heavy atom. The minimum atomic E-state index is -1.11. The molecule has 4 amide bonds. The smallest absolute Gasteiger partial charge is 0.305 e. The second kappa shape index (κ2) is 19.8. The van der Waals surface area contributed by atoms with Crippen molar-refractivity contribution in [1.82, 2.24) is 9.80 Å². The molecule has 4 aromatic carbocycles. The number of ether oxygens (including phenoxy) is 4. The Hall–Kier alpha value is -6.96. The van der Waals surface area contributed by atoms with Crippen molar-refractivity contribution in [3.05, 3.63) is 119 Å². The zero-order valence-corrected chi connectivity index (χ0v) is 36.7. The molecule has 5 aliphatic rings. The summed E-state index contributed by atoms with van der Waals surface area (Å²) >= 11 is 0. The van der Waals surface area contributed by atoms with Gasteiger partial charge < -0.3 is 34.7 Å². The first-order valence-electron chi connectivity index (χ1n) is 22.5. The number of aliphatic imine (C=N–C) groups is 1. The average molecular weight is 883 g/mol. The van der Waals surface area contributed by atoms with E-state index in [1.807, 2.05) is 55.5 Å². The molecule has 14 heteroatoms. The van der Waals surface area contributed by atoms with Crippen LogP contribution < -0.4 is 24.7 Å². The lowest BCUT2D eigenvalue weighted by Gasteiger charge is -2.28. The summed E-state index contributed by atoms with van der Waals surface area (Å²) in [4.78, 5) is 70.5. The maximum Gasteiger partial charge on any atom is 0.305 e. The normalized spacial score (nSPS) is 19.0. The monoisotopic (exact) mass is 882 g/mol. The molecular formula is C51H54N4O10. The Morgan fingerprint density at radius 2 is 1.32 bits per heavy atom. The fraction of sp³-hybridized carbons (Fsp3) is 0.373. The number of imide groups is 1. The molecule has 3 N–H and O–H groups in total. The quantitative estimate of drug-likeness (QED) is 0.109. The number of aliphatic carboxylic acids is 1. The van der Waals surface area contributed by atoms with Gasteiger partial charge in [0.1, 0.15) is 5.92 Å². The summed E-state index contributed by atoms with van der Waals surface area (Å²) in [5.41, 5.74) is 8.10. The van der Waals surface area contributed by atoms with Crippen LogP contribution in [0.4, 0.5) is 0 Å². The number of hydrogen-bond donors (Lipinski definition) is 2. The van der Waals surface area contributed by atoms with E-state index in [9.17, 15) is 29.1 Å². The number of fused-ring (bicyclic) bond motifs is 3. The zero-order valence-electron chi connectivity index (χ0n) is 36.7. The summed E-state index contributed by atoms with van der Waals surface area (Å²) < 4.78 is 23.7. The summed E-state index contributed by atoms with van der Waals surface area (Å²) in [5, 5.41) is 11.3. The highest BCUT2D eigenvalue weighted by molar-refractivity contribution is 6.23. The molecule has 9 rings (SSSR count). The predicted molar refractivity (Wildman–Crippen MR) is 243 cm³/mol. The van der Waals surface area contributed by atoms with Gasteiger partial charge in [-0.3, -0.25) is 33.9 Å². The lowest BCUT2D eigenvalue weighted by Crippen LogP contribution is -2.35. The minimum Gasteiger partial charge on any atom is -0.493 e. The number of carbonyl (C=O) groups is 5. The molecule has 0 bridgehead atoms. The molecular weight excluding hydrogens is 829 g/mol. The van der Waals surface area contributed by atoms with Gasteiger partial charge in [-0.25, -0.2) is 0 Å². The number of nitrogens with two attached hydrogens (primary N) is 1. The van der Waals surface area contributed by atoms with Crippen LogP contribution in [0.1, 0.15) is 121 Å². The number of benzene rings is 4. The molecule has 14 nitrogen and oxygen atoms in total. The van der Waals surface area contributed by atoms with Crippen LogP contribution in [0, 0.1) is 5.92 Å². The SMILES string of the molecule is CCOc1ccc(C(CC(N)=O)N2C=C3N=CC=CC3C2=O)cc1OC1CCCCC1.COc1ccc(C(CC(=O)O)N2C(=O)c3cc4ccccc4cc3C2=O)cc1OC1CCCC1. The van der Waals surface area contributed by atoms with E-state index >= 15 is 0 Å². The van der Waals surface area contributed by atoms with E-state index in [1.54, 1.807) is 60.8 Å². The second-order valence-electron chi connectivity index (χ2n) is 16.9. The van der Waals surface area contributed by atoms with Crippen LogP contribution in [0.15, 0.2) is 102 Å². The molecule has 4 aromatic rings. The number of nitrogens with zero attached hydrogens (tertiary/aromatic N) is 3. The second-order valence-corrected chi connectivity index (χ2v) is 16.9. The van der Waals surface area contributed by atoms with E-state index < -0.39 is 48.1 Å². The first-order chi connectivity index (χ1) is 31.5. The third-order valence-electron chi connectivity index (χ3n) is 12.6. The molecule has 0 saturated heterocycles. The van der Waals surface area contributed by atoms with Crippen LogP contribution in [0.25, 0.3) is 10.8 Å². The molecule has 3 atom stereocenters. The van der Waals surface area contributed by atoms with Crippen LogP contribution >= 0.6 is 0 Å². The molecule has 0 radical (unpaired) electrons. The molecule has 2 fully saturated rings. The van der Waals surface area contributed by atoms with Crippen molar-refractivity contribution < 1.29 is 48.0 Å². The van der Waals surface area contributed by atoms with E-state index in [2.05, 4.69) is 4.99 Å². The van der Waals surface area contributed by atoms with Crippen LogP contribution in [0.2, 0.25) is 0 Å². The number of amides is 4. The van der Waals surface area contributed by atoms with Crippen molar-refractivity contribution in [1.29, 1.82) is 0 Å². The molecule has 0 aromatic heterocycles. The van der Waals surface area contributed by atoms with Crippen molar-refractivity contribution in [2.45, 2.75) is 102 Å². The molecule has 65 heavy (non-hydrogen) atoms. The lowest BCUT2D eigenvalue weighted by molar-refractivity contribution is -0.138. The van der Waals surface area contributed by atoms with Gasteiger partial charge in [0.15, 0.2) is 23.0 Å². The van der Waals surface area contributed by atoms with Gasteiger partial charge in [-0.05, 0) is 123 Å². The fourth-order valence-corrected chi connectivity index (χ4v) is 9.36. The molecule has 3 aliphatic heterocycles.